The first-order valence-corrected chi connectivity index (χ1v) is 7.48. The molecule has 2 N–H and O–H groups in total. The first-order valence-electron chi connectivity index (χ1n) is 7.48. The summed E-state index contributed by atoms with van der Waals surface area (Å²) in [5.41, 5.74) is 8.05. The summed E-state index contributed by atoms with van der Waals surface area (Å²) in [5.74, 6) is 0.296. The van der Waals surface area contributed by atoms with E-state index in [9.17, 15) is 4.79 Å². The highest BCUT2D eigenvalue weighted by Gasteiger charge is 2.24. The van der Waals surface area contributed by atoms with Gasteiger partial charge in [0.25, 0.3) is 0 Å². The van der Waals surface area contributed by atoms with Gasteiger partial charge in [-0.15, -0.1) is 0 Å². The van der Waals surface area contributed by atoms with Gasteiger partial charge in [-0.3, -0.25) is 0 Å². The fourth-order valence-electron chi connectivity index (χ4n) is 3.01. The fraction of sp³-hybridized carbons (Fsp3) is 0.562. The van der Waals surface area contributed by atoms with Gasteiger partial charge in [0.1, 0.15) is 0 Å². The average Bonchev–Trinajstić information content (AvgIpc) is 2.83. The molecule has 1 heterocycles. The third-order valence-corrected chi connectivity index (χ3v) is 3.97. The maximum Gasteiger partial charge on any atom is 0.340 e. The van der Waals surface area contributed by atoms with Crippen molar-refractivity contribution in [2.24, 2.45) is 5.92 Å². The largest absolute Gasteiger partial charge is 0.462 e. The van der Waals surface area contributed by atoms with Gasteiger partial charge in [0.05, 0.1) is 23.5 Å². The Labute approximate surface area is 126 Å². The Balaban J connectivity index is 2.19. The van der Waals surface area contributed by atoms with Crippen LogP contribution in [0.3, 0.4) is 0 Å². The molecule has 0 spiro atoms. The van der Waals surface area contributed by atoms with Crippen LogP contribution in [0.2, 0.25) is 0 Å². The number of likely N-dealkylation sites (tertiary alicyclic amines) is 1. The van der Waals surface area contributed by atoms with Crippen molar-refractivity contribution in [2.75, 3.05) is 51.0 Å². The zero-order valence-electron chi connectivity index (χ0n) is 13.1. The Bertz CT molecular complexity index is 504. The van der Waals surface area contributed by atoms with E-state index < -0.39 is 0 Å². The molecule has 0 bridgehead atoms. The Morgan fingerprint density at radius 1 is 1.52 bits per heavy atom. The highest BCUT2D eigenvalue weighted by atomic mass is 16.5. The summed E-state index contributed by atoms with van der Waals surface area (Å²) in [4.78, 5) is 16.5. The van der Waals surface area contributed by atoms with Gasteiger partial charge in [-0.2, -0.15) is 0 Å². The van der Waals surface area contributed by atoms with Gasteiger partial charge >= 0.3 is 5.97 Å². The van der Waals surface area contributed by atoms with Gasteiger partial charge in [-0.1, -0.05) is 6.07 Å². The lowest BCUT2D eigenvalue weighted by Crippen LogP contribution is -2.29. The summed E-state index contributed by atoms with van der Waals surface area (Å²) in [5, 5.41) is 0. The zero-order chi connectivity index (χ0) is 15.4. The molecule has 0 saturated carbocycles. The van der Waals surface area contributed by atoms with E-state index in [4.69, 9.17) is 10.5 Å². The van der Waals surface area contributed by atoms with Gasteiger partial charge in [-0.05, 0) is 45.0 Å². The fourth-order valence-corrected chi connectivity index (χ4v) is 3.01. The molecular formula is C16H25N3O2. The number of anilines is 2. The number of rotatable bonds is 5. The number of hydrogen-bond acceptors (Lipinski definition) is 5. The minimum Gasteiger partial charge on any atom is -0.462 e. The molecule has 1 aromatic carbocycles. The smallest absolute Gasteiger partial charge is 0.340 e. The molecule has 1 aromatic rings. The normalized spacial score (nSPS) is 18.7. The SMILES string of the molecule is CCOC(=O)c1cccc(N)c1N(C)CC1CCN(C)C1. The van der Waals surface area contributed by atoms with Crippen molar-refractivity contribution in [3.8, 4) is 0 Å². The molecule has 21 heavy (non-hydrogen) atoms. The second-order valence-corrected chi connectivity index (χ2v) is 5.76. The van der Waals surface area contributed by atoms with E-state index in [0.717, 1.165) is 25.3 Å². The second kappa shape index (κ2) is 6.80. The number of benzene rings is 1. The van der Waals surface area contributed by atoms with Gasteiger partial charge in [0.2, 0.25) is 0 Å². The number of para-hydroxylation sites is 1. The molecule has 1 atom stereocenters. The topological polar surface area (TPSA) is 58.8 Å². The second-order valence-electron chi connectivity index (χ2n) is 5.76. The number of nitrogens with two attached hydrogens (primary N) is 1. The number of esters is 1. The van der Waals surface area contributed by atoms with E-state index >= 15 is 0 Å². The number of ether oxygens (including phenoxy) is 1. The molecule has 1 fully saturated rings. The Kier molecular flexibility index (Phi) is 5.07. The molecule has 1 aliphatic rings. The highest BCUT2D eigenvalue weighted by molar-refractivity contribution is 5.99. The van der Waals surface area contributed by atoms with E-state index in [1.54, 1.807) is 12.1 Å². The molecule has 5 nitrogen and oxygen atoms in total. The minimum absolute atomic E-state index is 0.310. The summed E-state index contributed by atoms with van der Waals surface area (Å²) >= 11 is 0. The predicted molar refractivity (Wildman–Crippen MR) is 85.7 cm³/mol. The van der Waals surface area contributed by atoms with Crippen LogP contribution in [0.25, 0.3) is 0 Å². The van der Waals surface area contributed by atoms with Crippen molar-refractivity contribution >= 4 is 17.3 Å². The number of carbonyl (C=O) groups excluding carboxylic acids is 1. The molecule has 0 amide bonds. The van der Waals surface area contributed by atoms with Crippen LogP contribution in [-0.2, 0) is 4.74 Å². The molecule has 0 aromatic heterocycles. The molecule has 1 unspecified atom stereocenters. The molecule has 0 aliphatic carbocycles. The van der Waals surface area contributed by atoms with Crippen molar-refractivity contribution in [1.82, 2.24) is 4.90 Å². The van der Waals surface area contributed by atoms with Crippen molar-refractivity contribution in [3.05, 3.63) is 23.8 Å². The third-order valence-electron chi connectivity index (χ3n) is 3.97. The summed E-state index contributed by atoms with van der Waals surface area (Å²) in [6.07, 6.45) is 1.18. The van der Waals surface area contributed by atoms with Gasteiger partial charge in [0.15, 0.2) is 0 Å². The number of nitrogen functional groups attached to an aromatic ring is 1. The summed E-state index contributed by atoms with van der Waals surface area (Å²) < 4.78 is 5.13. The molecule has 2 rings (SSSR count). The van der Waals surface area contributed by atoms with Crippen LogP contribution in [0, 0.1) is 5.92 Å². The summed E-state index contributed by atoms with van der Waals surface area (Å²) in [6, 6.07) is 5.40. The Morgan fingerprint density at radius 2 is 2.29 bits per heavy atom. The minimum atomic E-state index is -0.310. The van der Waals surface area contributed by atoms with Crippen LogP contribution in [0.1, 0.15) is 23.7 Å². The first-order chi connectivity index (χ1) is 10.0. The monoisotopic (exact) mass is 291 g/mol. The highest BCUT2D eigenvalue weighted by Crippen LogP contribution is 2.29. The van der Waals surface area contributed by atoms with Crippen molar-refractivity contribution in [2.45, 2.75) is 13.3 Å². The van der Waals surface area contributed by atoms with E-state index in [1.807, 2.05) is 20.0 Å². The zero-order valence-corrected chi connectivity index (χ0v) is 13.1. The first kappa shape index (κ1) is 15.6. The predicted octanol–water partition coefficient (Wildman–Crippen LogP) is 1.83. The summed E-state index contributed by atoms with van der Waals surface area (Å²) in [7, 11) is 4.13. The van der Waals surface area contributed by atoms with Crippen LogP contribution >= 0.6 is 0 Å². The van der Waals surface area contributed by atoms with E-state index in [1.165, 1.54) is 6.42 Å². The van der Waals surface area contributed by atoms with Crippen LogP contribution < -0.4 is 10.6 Å². The van der Waals surface area contributed by atoms with Crippen molar-refractivity contribution in [3.63, 3.8) is 0 Å². The molecule has 0 radical (unpaired) electrons. The van der Waals surface area contributed by atoms with Gasteiger partial charge < -0.3 is 20.3 Å². The lowest BCUT2D eigenvalue weighted by molar-refractivity contribution is 0.0527. The van der Waals surface area contributed by atoms with Crippen LogP contribution in [-0.4, -0.2) is 51.2 Å². The number of carbonyl (C=O) groups is 1. The standard InChI is InChI=1S/C16H25N3O2/c1-4-21-16(20)13-6-5-7-14(17)15(13)19(3)11-12-8-9-18(2)10-12/h5-7,12H,4,8-11,17H2,1-3H3. The summed E-state index contributed by atoms with van der Waals surface area (Å²) in [6.45, 7) is 5.29. The van der Waals surface area contributed by atoms with Crippen molar-refractivity contribution in [1.29, 1.82) is 0 Å². The van der Waals surface area contributed by atoms with Crippen LogP contribution in [0.15, 0.2) is 18.2 Å². The molecule has 1 saturated heterocycles. The van der Waals surface area contributed by atoms with Crippen LogP contribution in [0.4, 0.5) is 11.4 Å². The Morgan fingerprint density at radius 3 is 2.90 bits per heavy atom. The molecule has 1 aliphatic heterocycles. The lowest BCUT2D eigenvalue weighted by Gasteiger charge is -2.26. The van der Waals surface area contributed by atoms with Gasteiger partial charge in [-0.25, -0.2) is 4.79 Å². The van der Waals surface area contributed by atoms with E-state index in [2.05, 4.69) is 16.8 Å². The molecule has 5 heteroatoms. The molecular weight excluding hydrogens is 266 g/mol. The van der Waals surface area contributed by atoms with Crippen LogP contribution in [0.5, 0.6) is 0 Å². The maximum absolute atomic E-state index is 12.1. The third kappa shape index (κ3) is 3.67. The number of hydrogen-bond donors (Lipinski definition) is 1. The number of nitrogens with zero attached hydrogens (tertiary/aromatic N) is 2. The Hall–Kier alpha value is -1.75. The van der Waals surface area contributed by atoms with Crippen molar-refractivity contribution < 1.29 is 9.53 Å². The van der Waals surface area contributed by atoms with E-state index in [-0.39, 0.29) is 5.97 Å². The maximum atomic E-state index is 12.1. The van der Waals surface area contributed by atoms with Gasteiger partial charge in [0, 0.05) is 20.1 Å². The lowest BCUT2D eigenvalue weighted by atomic mass is 10.1. The quantitative estimate of drug-likeness (QED) is 0.662. The van der Waals surface area contributed by atoms with E-state index in [0.29, 0.717) is 23.8 Å². The average molecular weight is 291 g/mol. The molecule has 116 valence electrons.